The second-order valence-electron chi connectivity index (χ2n) is 11.1. The van der Waals surface area contributed by atoms with Gasteiger partial charge in [-0.2, -0.15) is 13.2 Å². The third kappa shape index (κ3) is 7.90. The summed E-state index contributed by atoms with van der Waals surface area (Å²) < 4.78 is 52.0. The van der Waals surface area contributed by atoms with E-state index in [0.29, 0.717) is 24.1 Å². The quantitative estimate of drug-likeness (QED) is 0.298. The lowest BCUT2D eigenvalue weighted by molar-refractivity contribution is -0.140. The number of benzene rings is 2. The number of halogens is 3. The monoisotopic (exact) mass is 576 g/mol. The SMILES string of the molecule is CC(C)(C)OC(=O)NCCNC(=O)C(=O)NC[C@H]1CC[C@@H]2[C@H](O1)c1cc(C(F)(F)F)ccc1N[C@H]2c1ccccc1. The molecule has 222 valence electrons. The van der Waals surface area contributed by atoms with E-state index in [9.17, 15) is 27.6 Å². The maximum atomic E-state index is 13.5. The molecule has 0 saturated carbocycles. The second-order valence-corrected chi connectivity index (χ2v) is 11.1. The molecular formula is C29H35F3N4O5. The molecule has 0 bridgehead atoms. The van der Waals surface area contributed by atoms with E-state index in [0.717, 1.165) is 17.7 Å². The molecule has 0 radical (unpaired) electrons. The molecule has 4 rings (SSSR count). The van der Waals surface area contributed by atoms with Crippen molar-refractivity contribution < 1.29 is 37.0 Å². The molecule has 1 saturated heterocycles. The first-order chi connectivity index (χ1) is 19.3. The Kier molecular flexibility index (Phi) is 9.11. The molecule has 1 fully saturated rings. The maximum Gasteiger partial charge on any atom is 0.416 e. The van der Waals surface area contributed by atoms with Crippen molar-refractivity contribution in [1.82, 2.24) is 16.0 Å². The Morgan fingerprint density at radius 2 is 1.63 bits per heavy atom. The maximum absolute atomic E-state index is 13.5. The summed E-state index contributed by atoms with van der Waals surface area (Å²) in [5, 5.41) is 10.8. The van der Waals surface area contributed by atoms with E-state index in [1.54, 1.807) is 20.8 Å². The highest BCUT2D eigenvalue weighted by Gasteiger charge is 2.43. The lowest BCUT2D eigenvalue weighted by atomic mass is 9.76. The number of fused-ring (bicyclic) bond motifs is 3. The van der Waals surface area contributed by atoms with E-state index in [2.05, 4.69) is 21.3 Å². The van der Waals surface area contributed by atoms with E-state index in [1.165, 1.54) is 6.07 Å². The van der Waals surface area contributed by atoms with E-state index in [4.69, 9.17) is 9.47 Å². The van der Waals surface area contributed by atoms with Crippen molar-refractivity contribution in [2.75, 3.05) is 25.0 Å². The van der Waals surface area contributed by atoms with Crippen LogP contribution in [0.15, 0.2) is 48.5 Å². The van der Waals surface area contributed by atoms with Crippen LogP contribution >= 0.6 is 0 Å². The lowest BCUT2D eigenvalue weighted by Crippen LogP contribution is -2.47. The highest BCUT2D eigenvalue weighted by Crippen LogP contribution is 2.51. The molecule has 0 spiro atoms. The van der Waals surface area contributed by atoms with Crippen LogP contribution in [0.5, 0.6) is 0 Å². The van der Waals surface area contributed by atoms with Gasteiger partial charge in [0.05, 0.1) is 23.8 Å². The number of carbonyl (C=O) groups is 3. The van der Waals surface area contributed by atoms with Gasteiger partial charge in [0.1, 0.15) is 5.60 Å². The van der Waals surface area contributed by atoms with Gasteiger partial charge in [-0.05, 0) is 57.4 Å². The minimum absolute atomic E-state index is 0.0153. The first-order valence-electron chi connectivity index (χ1n) is 13.5. The summed E-state index contributed by atoms with van der Waals surface area (Å²) in [5.41, 5.74) is 0.571. The number of carbonyl (C=O) groups excluding carboxylic acids is 3. The minimum Gasteiger partial charge on any atom is -0.444 e. The van der Waals surface area contributed by atoms with Gasteiger partial charge in [0.15, 0.2) is 0 Å². The first kappa shape index (κ1) is 30.2. The predicted octanol–water partition coefficient (Wildman–Crippen LogP) is 4.47. The number of alkyl halides is 3. The van der Waals surface area contributed by atoms with Gasteiger partial charge in [0.25, 0.3) is 0 Å². The topological polar surface area (TPSA) is 118 Å². The summed E-state index contributed by atoms with van der Waals surface area (Å²) in [5.74, 6) is -1.89. The summed E-state index contributed by atoms with van der Waals surface area (Å²) in [6, 6.07) is 13.1. The van der Waals surface area contributed by atoms with Crippen LogP contribution in [0, 0.1) is 5.92 Å². The molecule has 4 N–H and O–H groups in total. The Balaban J connectivity index is 1.36. The van der Waals surface area contributed by atoms with Crippen LogP contribution in [-0.4, -0.2) is 49.2 Å². The molecule has 2 aromatic carbocycles. The molecule has 0 aliphatic carbocycles. The van der Waals surface area contributed by atoms with Gasteiger partial charge in [0.2, 0.25) is 0 Å². The summed E-state index contributed by atoms with van der Waals surface area (Å²) in [6.45, 7) is 5.27. The third-order valence-corrected chi connectivity index (χ3v) is 6.91. The fourth-order valence-corrected chi connectivity index (χ4v) is 5.09. The van der Waals surface area contributed by atoms with Crippen molar-refractivity contribution >= 4 is 23.6 Å². The van der Waals surface area contributed by atoms with Crippen LogP contribution < -0.4 is 21.3 Å². The van der Waals surface area contributed by atoms with Crippen LogP contribution in [0.3, 0.4) is 0 Å². The molecule has 2 heterocycles. The van der Waals surface area contributed by atoms with Crippen molar-refractivity contribution in [2.24, 2.45) is 5.92 Å². The van der Waals surface area contributed by atoms with Gasteiger partial charge in [-0.3, -0.25) is 9.59 Å². The van der Waals surface area contributed by atoms with Crippen molar-refractivity contribution in [3.63, 3.8) is 0 Å². The number of anilines is 1. The van der Waals surface area contributed by atoms with Gasteiger partial charge in [0, 0.05) is 36.8 Å². The second kappa shape index (κ2) is 12.4. The predicted molar refractivity (Wildman–Crippen MR) is 145 cm³/mol. The van der Waals surface area contributed by atoms with Gasteiger partial charge in [-0.1, -0.05) is 30.3 Å². The van der Waals surface area contributed by atoms with E-state index >= 15 is 0 Å². The number of hydrogen-bond acceptors (Lipinski definition) is 6. The summed E-state index contributed by atoms with van der Waals surface area (Å²) >= 11 is 0. The van der Waals surface area contributed by atoms with Crippen LogP contribution in [0.2, 0.25) is 0 Å². The Morgan fingerprint density at radius 3 is 2.32 bits per heavy atom. The Morgan fingerprint density at radius 1 is 0.951 bits per heavy atom. The molecule has 4 atom stereocenters. The van der Waals surface area contributed by atoms with Crippen molar-refractivity contribution in [2.45, 2.75) is 63.6 Å². The standard InChI is InChI=1S/C29H35F3N4O5/c1-28(2,3)41-27(39)34-14-13-33-25(37)26(38)35-16-19-10-11-20-23(17-7-5-4-6-8-17)36-22-12-9-18(29(30,31)32)15-21(22)24(20)40-19/h4-9,12,15,19-20,23-24,36H,10-11,13-14,16H2,1-3H3,(H,33,37)(H,34,39)(H,35,38)/t19-,20+,23+,24+/m1/s1. The third-order valence-electron chi connectivity index (χ3n) is 6.91. The van der Waals surface area contributed by atoms with Crippen molar-refractivity contribution in [1.29, 1.82) is 0 Å². The molecule has 2 aliphatic rings. The average molecular weight is 577 g/mol. The van der Waals surface area contributed by atoms with Gasteiger partial charge in [-0.25, -0.2) is 4.79 Å². The Hall–Kier alpha value is -3.80. The summed E-state index contributed by atoms with van der Waals surface area (Å²) in [7, 11) is 0. The molecular weight excluding hydrogens is 541 g/mol. The van der Waals surface area contributed by atoms with Gasteiger partial charge < -0.3 is 30.7 Å². The molecule has 0 unspecified atom stereocenters. The number of alkyl carbamates (subject to hydrolysis) is 1. The molecule has 3 amide bonds. The summed E-state index contributed by atoms with van der Waals surface area (Å²) in [4.78, 5) is 36.2. The zero-order valence-corrected chi connectivity index (χ0v) is 23.1. The Labute approximate surface area is 236 Å². The van der Waals surface area contributed by atoms with E-state index < -0.39 is 47.5 Å². The number of rotatable bonds is 6. The van der Waals surface area contributed by atoms with Crippen LogP contribution in [0.25, 0.3) is 0 Å². The van der Waals surface area contributed by atoms with Crippen molar-refractivity contribution in [3.05, 3.63) is 65.2 Å². The van der Waals surface area contributed by atoms with Gasteiger partial charge >= 0.3 is 24.1 Å². The molecule has 9 nitrogen and oxygen atoms in total. The fourth-order valence-electron chi connectivity index (χ4n) is 5.09. The molecule has 12 heteroatoms. The molecule has 2 aliphatic heterocycles. The van der Waals surface area contributed by atoms with Crippen LogP contribution in [0.4, 0.5) is 23.7 Å². The highest BCUT2D eigenvalue weighted by atomic mass is 19.4. The van der Waals surface area contributed by atoms with E-state index in [-0.39, 0.29) is 31.6 Å². The minimum atomic E-state index is -4.50. The zero-order chi connectivity index (χ0) is 29.8. The fraction of sp³-hybridized carbons (Fsp3) is 0.483. The molecule has 41 heavy (non-hydrogen) atoms. The number of hydrogen-bond donors (Lipinski definition) is 4. The van der Waals surface area contributed by atoms with Crippen molar-refractivity contribution in [3.8, 4) is 0 Å². The largest absolute Gasteiger partial charge is 0.444 e. The normalized spacial score (nSPS) is 21.9. The molecule has 2 aromatic rings. The first-order valence-corrected chi connectivity index (χ1v) is 13.5. The van der Waals surface area contributed by atoms with Gasteiger partial charge in [-0.15, -0.1) is 0 Å². The number of amides is 3. The number of nitrogens with one attached hydrogen (secondary N) is 4. The smallest absolute Gasteiger partial charge is 0.416 e. The average Bonchev–Trinajstić information content (AvgIpc) is 2.92. The summed E-state index contributed by atoms with van der Waals surface area (Å²) in [6.07, 6.45) is -5.10. The van der Waals surface area contributed by atoms with E-state index in [1.807, 2.05) is 30.3 Å². The van der Waals surface area contributed by atoms with Crippen LogP contribution in [-0.2, 0) is 25.2 Å². The number of ether oxygens (including phenoxy) is 2. The lowest BCUT2D eigenvalue weighted by Gasteiger charge is -2.46. The highest BCUT2D eigenvalue weighted by molar-refractivity contribution is 6.35. The zero-order valence-electron chi connectivity index (χ0n) is 23.1. The van der Waals surface area contributed by atoms with Crippen LogP contribution in [0.1, 0.15) is 62.4 Å². The molecule has 0 aromatic heterocycles. The Bertz CT molecular complexity index is 1250.